The fraction of sp³-hybridized carbons (Fsp3) is 0.316. The van der Waals surface area contributed by atoms with Crippen molar-refractivity contribution in [1.82, 2.24) is 9.78 Å². The van der Waals surface area contributed by atoms with Gasteiger partial charge >= 0.3 is 0 Å². The van der Waals surface area contributed by atoms with Crippen LogP contribution in [-0.2, 0) is 12.8 Å². The van der Waals surface area contributed by atoms with Crippen LogP contribution in [0.5, 0.6) is 0 Å². The number of aromatic nitrogens is 2. The first-order chi connectivity index (χ1) is 11.3. The zero-order chi connectivity index (χ0) is 15.6. The van der Waals surface area contributed by atoms with E-state index in [1.165, 1.54) is 40.4 Å². The first kappa shape index (κ1) is 14.5. The number of hydrogen-bond donors (Lipinski definition) is 1. The van der Waals surface area contributed by atoms with Gasteiger partial charge in [-0.05, 0) is 55.3 Å². The fourth-order valence-corrected chi connectivity index (χ4v) is 3.95. The topological polar surface area (TPSA) is 29.9 Å². The third-order valence-electron chi connectivity index (χ3n) is 4.38. The Kier molecular flexibility index (Phi) is 3.92. The van der Waals surface area contributed by atoms with Gasteiger partial charge in [0.2, 0.25) is 0 Å². The highest BCUT2D eigenvalue weighted by atomic mass is 32.1. The number of rotatable bonds is 3. The summed E-state index contributed by atoms with van der Waals surface area (Å²) in [6, 6.07) is 12.9. The lowest BCUT2D eigenvalue weighted by Crippen LogP contribution is -2.07. The zero-order valence-corrected chi connectivity index (χ0v) is 14.2. The van der Waals surface area contributed by atoms with E-state index in [-0.39, 0.29) is 0 Å². The SMILES string of the molecule is Cc1cccc(-n2nc(Cc3cccs3)c3c2NCCCC3)c1. The van der Waals surface area contributed by atoms with E-state index in [9.17, 15) is 0 Å². The number of aryl methyl sites for hydroxylation is 1. The molecular formula is C19H21N3S. The lowest BCUT2D eigenvalue weighted by Gasteiger charge is -2.09. The maximum atomic E-state index is 4.98. The van der Waals surface area contributed by atoms with E-state index in [2.05, 4.69) is 58.7 Å². The Labute approximate surface area is 141 Å². The van der Waals surface area contributed by atoms with Crippen LogP contribution in [0.25, 0.3) is 5.69 Å². The van der Waals surface area contributed by atoms with Crippen molar-refractivity contribution in [2.45, 2.75) is 32.6 Å². The molecule has 0 atom stereocenters. The van der Waals surface area contributed by atoms with Crippen LogP contribution in [0.3, 0.4) is 0 Å². The minimum atomic E-state index is 0.931. The smallest absolute Gasteiger partial charge is 0.133 e. The number of nitrogens with zero attached hydrogens (tertiary/aromatic N) is 2. The van der Waals surface area contributed by atoms with Crippen LogP contribution in [0.2, 0.25) is 0 Å². The molecule has 23 heavy (non-hydrogen) atoms. The van der Waals surface area contributed by atoms with Crippen LogP contribution >= 0.6 is 11.3 Å². The van der Waals surface area contributed by atoms with Gasteiger partial charge in [-0.15, -0.1) is 11.3 Å². The molecule has 3 aromatic rings. The van der Waals surface area contributed by atoms with Gasteiger partial charge in [0.15, 0.2) is 0 Å². The summed E-state index contributed by atoms with van der Waals surface area (Å²) in [5, 5.41) is 10.7. The lowest BCUT2D eigenvalue weighted by atomic mass is 10.1. The summed E-state index contributed by atoms with van der Waals surface area (Å²) in [6.45, 7) is 3.16. The van der Waals surface area contributed by atoms with Gasteiger partial charge < -0.3 is 5.32 Å². The maximum absolute atomic E-state index is 4.98. The molecule has 3 nitrogen and oxygen atoms in total. The van der Waals surface area contributed by atoms with Gasteiger partial charge in [0, 0.05) is 23.4 Å². The summed E-state index contributed by atoms with van der Waals surface area (Å²) < 4.78 is 2.11. The predicted molar refractivity (Wildman–Crippen MR) is 96.9 cm³/mol. The van der Waals surface area contributed by atoms with Gasteiger partial charge in [0.05, 0.1) is 11.4 Å². The van der Waals surface area contributed by atoms with Crippen molar-refractivity contribution in [2.24, 2.45) is 0 Å². The number of thiophene rings is 1. The highest BCUT2D eigenvalue weighted by molar-refractivity contribution is 7.09. The number of hydrogen-bond acceptors (Lipinski definition) is 3. The Morgan fingerprint density at radius 3 is 3.00 bits per heavy atom. The van der Waals surface area contributed by atoms with Crippen LogP contribution in [-0.4, -0.2) is 16.3 Å². The van der Waals surface area contributed by atoms with Crippen molar-refractivity contribution in [2.75, 3.05) is 11.9 Å². The molecule has 0 bridgehead atoms. The number of benzene rings is 1. The van der Waals surface area contributed by atoms with Crippen LogP contribution in [0.15, 0.2) is 41.8 Å². The van der Waals surface area contributed by atoms with Crippen molar-refractivity contribution in [3.8, 4) is 5.69 Å². The van der Waals surface area contributed by atoms with Crippen LogP contribution < -0.4 is 5.32 Å². The third kappa shape index (κ3) is 2.91. The zero-order valence-electron chi connectivity index (χ0n) is 13.4. The average Bonchev–Trinajstić information content (AvgIpc) is 3.10. The molecule has 4 heteroatoms. The lowest BCUT2D eigenvalue weighted by molar-refractivity contribution is 0.768. The van der Waals surface area contributed by atoms with Crippen molar-refractivity contribution >= 4 is 17.2 Å². The molecule has 3 heterocycles. The molecule has 0 aliphatic carbocycles. The van der Waals surface area contributed by atoms with Gasteiger partial charge in [0.25, 0.3) is 0 Å². The van der Waals surface area contributed by atoms with E-state index >= 15 is 0 Å². The van der Waals surface area contributed by atoms with E-state index in [1.54, 1.807) is 0 Å². The Balaban J connectivity index is 1.81. The largest absolute Gasteiger partial charge is 0.370 e. The van der Waals surface area contributed by atoms with Gasteiger partial charge in [-0.1, -0.05) is 18.2 Å². The molecule has 2 aromatic heterocycles. The Bertz CT molecular complexity index is 802. The summed E-state index contributed by atoms with van der Waals surface area (Å²) in [7, 11) is 0. The Morgan fingerprint density at radius 1 is 1.22 bits per heavy atom. The van der Waals surface area contributed by atoms with E-state index in [1.807, 2.05) is 11.3 Å². The van der Waals surface area contributed by atoms with Gasteiger partial charge in [-0.25, -0.2) is 4.68 Å². The molecule has 0 radical (unpaired) electrons. The summed E-state index contributed by atoms with van der Waals surface area (Å²) in [4.78, 5) is 1.38. The molecule has 4 rings (SSSR count). The normalized spacial score (nSPS) is 14.1. The molecule has 0 saturated carbocycles. The summed E-state index contributed by atoms with van der Waals surface area (Å²) in [5.74, 6) is 1.19. The molecule has 0 amide bonds. The van der Waals surface area contributed by atoms with Gasteiger partial charge in [-0.3, -0.25) is 0 Å². The summed E-state index contributed by atoms with van der Waals surface area (Å²) in [5.41, 5.74) is 5.03. The van der Waals surface area contributed by atoms with E-state index in [4.69, 9.17) is 5.10 Å². The first-order valence-electron chi connectivity index (χ1n) is 8.25. The van der Waals surface area contributed by atoms with Crippen molar-refractivity contribution < 1.29 is 0 Å². The first-order valence-corrected chi connectivity index (χ1v) is 9.13. The van der Waals surface area contributed by atoms with Crippen LogP contribution in [0, 0.1) is 6.92 Å². The van der Waals surface area contributed by atoms with Crippen molar-refractivity contribution in [1.29, 1.82) is 0 Å². The third-order valence-corrected chi connectivity index (χ3v) is 5.26. The molecule has 0 unspecified atom stereocenters. The van der Waals surface area contributed by atoms with Crippen molar-refractivity contribution in [3.63, 3.8) is 0 Å². The Morgan fingerprint density at radius 2 is 2.17 bits per heavy atom. The molecule has 1 aromatic carbocycles. The monoisotopic (exact) mass is 323 g/mol. The number of anilines is 1. The second-order valence-corrected chi connectivity index (χ2v) is 7.20. The quantitative estimate of drug-likeness (QED) is 0.764. The maximum Gasteiger partial charge on any atom is 0.133 e. The summed E-state index contributed by atoms with van der Waals surface area (Å²) >= 11 is 1.81. The molecule has 1 aliphatic heterocycles. The molecule has 0 spiro atoms. The minimum absolute atomic E-state index is 0.931. The number of fused-ring (bicyclic) bond motifs is 1. The molecule has 118 valence electrons. The molecule has 0 saturated heterocycles. The predicted octanol–water partition coefficient (Wildman–Crippen LogP) is 4.58. The molecular weight excluding hydrogens is 302 g/mol. The Hall–Kier alpha value is -2.07. The second kappa shape index (κ2) is 6.20. The summed E-state index contributed by atoms with van der Waals surface area (Å²) in [6.07, 6.45) is 4.51. The van der Waals surface area contributed by atoms with E-state index in [0.717, 1.165) is 25.1 Å². The second-order valence-electron chi connectivity index (χ2n) is 6.16. The van der Waals surface area contributed by atoms with E-state index < -0.39 is 0 Å². The van der Waals surface area contributed by atoms with Gasteiger partial charge in [0.1, 0.15) is 5.82 Å². The van der Waals surface area contributed by atoms with E-state index in [0.29, 0.717) is 0 Å². The van der Waals surface area contributed by atoms with Gasteiger partial charge in [-0.2, -0.15) is 5.10 Å². The van der Waals surface area contributed by atoms with Crippen molar-refractivity contribution in [3.05, 3.63) is 63.5 Å². The van der Waals surface area contributed by atoms with Crippen LogP contribution in [0.4, 0.5) is 5.82 Å². The molecule has 1 N–H and O–H groups in total. The standard InChI is InChI=1S/C19H21N3S/c1-14-6-4-7-15(12-14)22-19-17(9-2-3-10-20-19)18(21-22)13-16-8-5-11-23-16/h4-8,11-12,20H,2-3,9-10,13H2,1H3. The average molecular weight is 323 g/mol. The molecule has 0 fully saturated rings. The van der Waals surface area contributed by atoms with Crippen LogP contribution in [0.1, 0.15) is 34.5 Å². The highest BCUT2D eigenvalue weighted by Gasteiger charge is 2.20. The highest BCUT2D eigenvalue weighted by Crippen LogP contribution is 2.30. The number of nitrogens with one attached hydrogen (secondary N) is 1. The minimum Gasteiger partial charge on any atom is -0.370 e. The molecule has 1 aliphatic rings. The fourth-order valence-electron chi connectivity index (χ4n) is 3.24.